The molecule has 0 saturated heterocycles. The van der Waals surface area contributed by atoms with Crippen LogP contribution in [0.25, 0.3) is 0 Å². The van der Waals surface area contributed by atoms with E-state index in [1.165, 1.54) is 0 Å². The average molecular weight is 244 g/mol. The maximum atomic E-state index is 11.3. The molecule has 6 heteroatoms. The third-order valence-electron chi connectivity index (χ3n) is 2.06. The maximum absolute atomic E-state index is 11.3. The Balaban J connectivity index is 2.30. The summed E-state index contributed by atoms with van der Waals surface area (Å²) in [5.41, 5.74) is 1.04. The van der Waals surface area contributed by atoms with Gasteiger partial charge in [0.05, 0.1) is 5.75 Å². The number of hydrogen-bond acceptors (Lipinski definition) is 4. The van der Waals surface area contributed by atoms with Crippen LogP contribution in [-0.4, -0.2) is 37.4 Å². The predicted molar refractivity (Wildman–Crippen MR) is 61.4 cm³/mol. The van der Waals surface area contributed by atoms with Gasteiger partial charge in [-0.1, -0.05) is 0 Å². The number of pyridine rings is 1. The van der Waals surface area contributed by atoms with Crippen molar-refractivity contribution in [3.05, 3.63) is 30.1 Å². The molecule has 5 nitrogen and oxygen atoms in total. The molecule has 0 amide bonds. The van der Waals surface area contributed by atoms with Crippen LogP contribution in [0.3, 0.4) is 0 Å². The molecule has 90 valence electrons. The van der Waals surface area contributed by atoms with Crippen LogP contribution in [0.1, 0.15) is 12.0 Å². The molecule has 16 heavy (non-hydrogen) atoms. The molecule has 1 aromatic heterocycles. The van der Waals surface area contributed by atoms with Gasteiger partial charge in [-0.05, 0) is 30.5 Å². The molecule has 0 spiro atoms. The Morgan fingerprint density at radius 3 is 2.62 bits per heavy atom. The first kappa shape index (κ1) is 13.1. The van der Waals surface area contributed by atoms with Crippen molar-refractivity contribution in [2.75, 3.05) is 18.9 Å². The van der Waals surface area contributed by atoms with E-state index in [1.807, 2.05) is 12.1 Å². The van der Waals surface area contributed by atoms with Crippen LogP contribution in [-0.2, 0) is 16.4 Å². The summed E-state index contributed by atoms with van der Waals surface area (Å²) in [6, 6.07) is 3.70. The van der Waals surface area contributed by atoms with Gasteiger partial charge < -0.3 is 5.11 Å². The molecule has 0 radical (unpaired) electrons. The molecule has 0 aliphatic heterocycles. The van der Waals surface area contributed by atoms with Crippen LogP contribution in [0, 0.1) is 0 Å². The second kappa shape index (κ2) is 6.57. The Labute approximate surface area is 95.6 Å². The highest BCUT2D eigenvalue weighted by Gasteiger charge is 2.08. The second-order valence-electron chi connectivity index (χ2n) is 3.40. The Morgan fingerprint density at radius 1 is 1.31 bits per heavy atom. The fourth-order valence-corrected chi connectivity index (χ4v) is 2.29. The minimum absolute atomic E-state index is 0.0279. The third kappa shape index (κ3) is 5.20. The summed E-state index contributed by atoms with van der Waals surface area (Å²) < 4.78 is 25.2. The Hall–Kier alpha value is -0.980. The molecule has 1 heterocycles. The molecule has 0 aliphatic rings. The first-order chi connectivity index (χ1) is 7.64. The largest absolute Gasteiger partial charge is 0.396 e. The number of hydrogen-bond donors (Lipinski definition) is 2. The fourth-order valence-electron chi connectivity index (χ4n) is 1.23. The highest BCUT2D eigenvalue weighted by molar-refractivity contribution is 7.89. The monoisotopic (exact) mass is 244 g/mol. The van der Waals surface area contributed by atoms with Crippen LogP contribution in [0.15, 0.2) is 24.5 Å². The minimum Gasteiger partial charge on any atom is -0.396 e. The lowest BCUT2D eigenvalue weighted by Crippen LogP contribution is -2.28. The first-order valence-electron chi connectivity index (χ1n) is 5.11. The predicted octanol–water partition coefficient (Wildman–Crippen LogP) is -0.0741. The van der Waals surface area contributed by atoms with E-state index in [2.05, 4.69) is 9.71 Å². The standard InChI is InChI=1S/C10H16N2O3S/c13-8-1-9-16(14,15)12-7-4-10-2-5-11-6-3-10/h2-3,5-6,12-13H,1,4,7-9H2. The van der Waals surface area contributed by atoms with Crippen molar-refractivity contribution in [3.8, 4) is 0 Å². The molecule has 2 N–H and O–H groups in total. The van der Waals surface area contributed by atoms with Gasteiger partial charge in [0.1, 0.15) is 0 Å². The number of aromatic nitrogens is 1. The lowest BCUT2D eigenvalue weighted by Gasteiger charge is -2.05. The summed E-state index contributed by atoms with van der Waals surface area (Å²) in [4.78, 5) is 3.88. The van der Waals surface area contributed by atoms with Crippen molar-refractivity contribution in [2.45, 2.75) is 12.8 Å². The summed E-state index contributed by atoms with van der Waals surface area (Å²) in [5.74, 6) is -0.0279. The molecule has 1 aromatic rings. The van der Waals surface area contributed by atoms with E-state index in [0.717, 1.165) is 5.56 Å². The van der Waals surface area contributed by atoms with E-state index in [1.54, 1.807) is 12.4 Å². The van der Waals surface area contributed by atoms with Crippen molar-refractivity contribution in [3.63, 3.8) is 0 Å². The van der Waals surface area contributed by atoms with E-state index in [9.17, 15) is 8.42 Å². The number of aliphatic hydroxyl groups is 1. The minimum atomic E-state index is -3.24. The normalized spacial score (nSPS) is 11.6. The second-order valence-corrected chi connectivity index (χ2v) is 5.32. The molecule has 1 rings (SSSR count). The molecule has 0 fully saturated rings. The topological polar surface area (TPSA) is 79.3 Å². The third-order valence-corrected chi connectivity index (χ3v) is 3.53. The van der Waals surface area contributed by atoms with Crippen LogP contribution in [0.5, 0.6) is 0 Å². The van der Waals surface area contributed by atoms with Gasteiger partial charge in [-0.3, -0.25) is 4.98 Å². The van der Waals surface area contributed by atoms with Gasteiger partial charge in [0.15, 0.2) is 0 Å². The van der Waals surface area contributed by atoms with Gasteiger partial charge in [-0.15, -0.1) is 0 Å². The summed E-state index contributed by atoms with van der Waals surface area (Å²) in [6.45, 7) is 0.267. The van der Waals surface area contributed by atoms with E-state index in [0.29, 0.717) is 13.0 Å². The number of sulfonamides is 1. The van der Waals surface area contributed by atoms with Gasteiger partial charge in [-0.25, -0.2) is 13.1 Å². The molecular formula is C10H16N2O3S. The zero-order valence-corrected chi connectivity index (χ0v) is 9.78. The molecule has 0 unspecified atom stereocenters. The van der Waals surface area contributed by atoms with Crippen LogP contribution < -0.4 is 4.72 Å². The van der Waals surface area contributed by atoms with Gasteiger partial charge in [-0.2, -0.15) is 0 Å². The summed E-state index contributed by atoms with van der Waals surface area (Å²) in [6.07, 6.45) is 4.26. The van der Waals surface area contributed by atoms with E-state index < -0.39 is 10.0 Å². The number of aliphatic hydroxyl groups excluding tert-OH is 1. The van der Waals surface area contributed by atoms with Gasteiger partial charge in [0, 0.05) is 25.5 Å². The number of nitrogens with one attached hydrogen (secondary N) is 1. The van der Waals surface area contributed by atoms with Gasteiger partial charge >= 0.3 is 0 Å². The molecular weight excluding hydrogens is 228 g/mol. The van der Waals surface area contributed by atoms with Crippen molar-refractivity contribution in [1.82, 2.24) is 9.71 Å². The zero-order valence-electron chi connectivity index (χ0n) is 8.96. The highest BCUT2D eigenvalue weighted by atomic mass is 32.2. The fraction of sp³-hybridized carbons (Fsp3) is 0.500. The van der Waals surface area contributed by atoms with E-state index in [-0.39, 0.29) is 18.8 Å². The highest BCUT2D eigenvalue weighted by Crippen LogP contribution is 1.97. The lowest BCUT2D eigenvalue weighted by molar-refractivity contribution is 0.295. The molecule has 0 aliphatic carbocycles. The van der Waals surface area contributed by atoms with Gasteiger partial charge in [0.25, 0.3) is 0 Å². The Bertz CT molecular complexity index is 392. The van der Waals surface area contributed by atoms with Crippen molar-refractivity contribution >= 4 is 10.0 Å². The molecule has 0 atom stereocenters. The summed E-state index contributed by atoms with van der Waals surface area (Å²) >= 11 is 0. The molecule has 0 aromatic carbocycles. The number of rotatable bonds is 7. The summed E-state index contributed by atoms with van der Waals surface area (Å²) in [7, 11) is -3.24. The van der Waals surface area contributed by atoms with E-state index >= 15 is 0 Å². The van der Waals surface area contributed by atoms with Crippen molar-refractivity contribution in [1.29, 1.82) is 0 Å². The Morgan fingerprint density at radius 2 is 2.00 bits per heavy atom. The lowest BCUT2D eigenvalue weighted by atomic mass is 10.2. The summed E-state index contributed by atoms with van der Waals surface area (Å²) in [5, 5.41) is 8.53. The quantitative estimate of drug-likeness (QED) is 0.703. The molecule has 0 bridgehead atoms. The maximum Gasteiger partial charge on any atom is 0.211 e. The Kier molecular flexibility index (Phi) is 5.37. The van der Waals surface area contributed by atoms with Crippen LogP contribution in [0.2, 0.25) is 0 Å². The number of nitrogens with zero attached hydrogens (tertiary/aromatic N) is 1. The molecule has 0 saturated carbocycles. The van der Waals surface area contributed by atoms with Crippen LogP contribution in [0.4, 0.5) is 0 Å². The van der Waals surface area contributed by atoms with Crippen LogP contribution >= 0.6 is 0 Å². The van der Waals surface area contributed by atoms with Gasteiger partial charge in [0.2, 0.25) is 10.0 Å². The average Bonchev–Trinajstić information content (AvgIpc) is 2.28. The zero-order chi connectivity index (χ0) is 11.9. The first-order valence-corrected chi connectivity index (χ1v) is 6.76. The van der Waals surface area contributed by atoms with Crippen molar-refractivity contribution in [2.24, 2.45) is 0 Å². The van der Waals surface area contributed by atoms with Crippen molar-refractivity contribution < 1.29 is 13.5 Å². The smallest absolute Gasteiger partial charge is 0.211 e. The SMILES string of the molecule is O=S(=O)(CCCO)NCCc1ccncc1. The van der Waals surface area contributed by atoms with E-state index in [4.69, 9.17) is 5.11 Å².